The van der Waals surface area contributed by atoms with Gasteiger partial charge in [-0.2, -0.15) is 10.2 Å². The number of nitrogens with zero attached hydrogens (tertiary/aromatic N) is 4. The number of ether oxygens (including phenoxy) is 1. The van der Waals surface area contributed by atoms with Crippen LogP contribution in [0, 0.1) is 11.3 Å². The second-order valence-corrected chi connectivity index (χ2v) is 6.63. The highest BCUT2D eigenvalue weighted by Crippen LogP contribution is 2.22. The number of hydrogen-bond donors (Lipinski definition) is 1. The fourth-order valence-corrected chi connectivity index (χ4v) is 2.90. The lowest BCUT2D eigenvalue weighted by Gasteiger charge is -2.11. The van der Waals surface area contributed by atoms with Gasteiger partial charge in [0.25, 0.3) is 0 Å². The molecule has 0 aliphatic heterocycles. The van der Waals surface area contributed by atoms with Gasteiger partial charge in [-0.1, -0.05) is 0 Å². The van der Waals surface area contributed by atoms with Gasteiger partial charge in [-0.15, -0.1) is 0 Å². The first-order valence-electron chi connectivity index (χ1n) is 9.01. The van der Waals surface area contributed by atoms with Crippen molar-refractivity contribution in [2.75, 3.05) is 5.32 Å². The monoisotopic (exact) mass is 369 g/mol. The van der Waals surface area contributed by atoms with Crippen molar-refractivity contribution < 1.29 is 4.74 Å². The highest BCUT2D eigenvalue weighted by Gasteiger charge is 2.08. The lowest BCUT2D eigenvalue weighted by atomic mass is 10.2. The summed E-state index contributed by atoms with van der Waals surface area (Å²) in [6.07, 6.45) is 3.88. The summed E-state index contributed by atoms with van der Waals surface area (Å²) >= 11 is 0. The minimum atomic E-state index is 0.138. The van der Waals surface area contributed by atoms with E-state index in [0.29, 0.717) is 11.5 Å². The van der Waals surface area contributed by atoms with Crippen molar-refractivity contribution in [2.24, 2.45) is 0 Å². The summed E-state index contributed by atoms with van der Waals surface area (Å²) in [5.74, 6) is 1.34. The van der Waals surface area contributed by atoms with Crippen LogP contribution in [0.3, 0.4) is 0 Å². The molecule has 0 aliphatic rings. The fraction of sp³-hybridized carbons (Fsp3) is 0.136. The first-order chi connectivity index (χ1) is 13.6. The average Bonchev–Trinajstić information content (AvgIpc) is 3.12. The van der Waals surface area contributed by atoms with E-state index < -0.39 is 0 Å². The van der Waals surface area contributed by atoms with Crippen LogP contribution in [0.25, 0.3) is 16.7 Å². The van der Waals surface area contributed by atoms with Crippen molar-refractivity contribution in [3.63, 3.8) is 0 Å². The molecule has 2 aromatic heterocycles. The molecule has 1 N–H and O–H groups in total. The average molecular weight is 369 g/mol. The van der Waals surface area contributed by atoms with Gasteiger partial charge in [0, 0.05) is 29.2 Å². The molecule has 0 aliphatic carbocycles. The van der Waals surface area contributed by atoms with E-state index in [4.69, 9.17) is 10.00 Å². The third-order valence-corrected chi connectivity index (χ3v) is 4.18. The number of anilines is 2. The number of benzene rings is 2. The molecule has 6 nitrogen and oxygen atoms in total. The maximum atomic E-state index is 8.97. The van der Waals surface area contributed by atoms with E-state index in [0.717, 1.165) is 28.2 Å². The summed E-state index contributed by atoms with van der Waals surface area (Å²) in [4.78, 5) is 9.06. The summed E-state index contributed by atoms with van der Waals surface area (Å²) in [7, 11) is 0. The molecule has 2 heterocycles. The van der Waals surface area contributed by atoms with Gasteiger partial charge in [-0.05, 0) is 68.4 Å². The minimum absolute atomic E-state index is 0.138. The van der Waals surface area contributed by atoms with E-state index in [1.54, 1.807) is 18.3 Å². The molecule has 138 valence electrons. The number of fused-ring (bicyclic) bond motifs is 1. The van der Waals surface area contributed by atoms with Crippen LogP contribution in [0.5, 0.6) is 5.75 Å². The molecule has 0 atom stereocenters. The molecule has 0 unspecified atom stereocenters. The lowest BCUT2D eigenvalue weighted by Crippen LogP contribution is -2.05. The van der Waals surface area contributed by atoms with E-state index in [-0.39, 0.29) is 6.10 Å². The zero-order valence-corrected chi connectivity index (χ0v) is 15.6. The molecule has 0 spiro atoms. The SMILES string of the molecule is CC(C)Oc1ccc(Nc2ncc3ccn(-c4ccc(C#N)cc4)c3n2)cc1. The summed E-state index contributed by atoms with van der Waals surface area (Å²) in [5, 5.41) is 13.1. The van der Waals surface area contributed by atoms with Crippen molar-refractivity contribution in [2.45, 2.75) is 20.0 Å². The van der Waals surface area contributed by atoms with Crippen LogP contribution in [-0.4, -0.2) is 20.6 Å². The molecule has 0 bridgehead atoms. The molecule has 28 heavy (non-hydrogen) atoms. The Kier molecular flexibility index (Phi) is 4.65. The van der Waals surface area contributed by atoms with Crippen LogP contribution in [0.15, 0.2) is 67.0 Å². The molecule has 0 saturated heterocycles. The maximum absolute atomic E-state index is 8.97. The topological polar surface area (TPSA) is 75.8 Å². The first-order valence-corrected chi connectivity index (χ1v) is 9.01. The molecule has 0 amide bonds. The van der Waals surface area contributed by atoms with E-state index >= 15 is 0 Å². The first kappa shape index (κ1) is 17.6. The van der Waals surface area contributed by atoms with Gasteiger partial charge in [0.15, 0.2) is 0 Å². The van der Waals surface area contributed by atoms with E-state index in [1.165, 1.54) is 0 Å². The normalized spacial score (nSPS) is 10.8. The molecule has 4 rings (SSSR count). The van der Waals surface area contributed by atoms with Crippen molar-refractivity contribution >= 4 is 22.7 Å². The number of rotatable bonds is 5. The van der Waals surface area contributed by atoms with Crippen LogP contribution in [-0.2, 0) is 0 Å². The van der Waals surface area contributed by atoms with Crippen molar-refractivity contribution in [1.29, 1.82) is 5.26 Å². The molecule has 0 radical (unpaired) electrons. The largest absolute Gasteiger partial charge is 0.491 e. The second kappa shape index (κ2) is 7.41. The standard InChI is InChI=1S/C22H19N5O/c1-15(2)28-20-9-5-18(6-10-20)25-22-24-14-17-11-12-27(21(17)26-22)19-7-3-16(13-23)4-8-19/h3-12,14-15H,1-2H3,(H,24,25,26). The zero-order chi connectivity index (χ0) is 19.5. The van der Waals surface area contributed by atoms with Gasteiger partial charge >= 0.3 is 0 Å². The van der Waals surface area contributed by atoms with Crippen LogP contribution in [0.2, 0.25) is 0 Å². The fourth-order valence-electron chi connectivity index (χ4n) is 2.90. The Labute approximate surface area is 163 Å². The van der Waals surface area contributed by atoms with Gasteiger partial charge < -0.3 is 14.6 Å². The van der Waals surface area contributed by atoms with Gasteiger partial charge in [-0.25, -0.2) is 4.98 Å². The van der Waals surface area contributed by atoms with Crippen molar-refractivity contribution in [1.82, 2.24) is 14.5 Å². The summed E-state index contributed by atoms with van der Waals surface area (Å²) in [6, 6.07) is 19.2. The highest BCUT2D eigenvalue weighted by molar-refractivity contribution is 5.78. The van der Waals surface area contributed by atoms with Gasteiger partial charge in [-0.3, -0.25) is 0 Å². The summed E-state index contributed by atoms with van der Waals surface area (Å²) < 4.78 is 7.64. The molecule has 0 saturated carbocycles. The Morgan fingerprint density at radius 3 is 2.46 bits per heavy atom. The summed E-state index contributed by atoms with van der Waals surface area (Å²) in [6.45, 7) is 4.00. The lowest BCUT2D eigenvalue weighted by molar-refractivity contribution is 0.242. The van der Waals surface area contributed by atoms with Gasteiger partial charge in [0.1, 0.15) is 11.4 Å². The molecule has 2 aromatic carbocycles. The third kappa shape index (κ3) is 3.64. The van der Waals surface area contributed by atoms with Crippen LogP contribution in [0.1, 0.15) is 19.4 Å². The summed E-state index contributed by atoms with van der Waals surface area (Å²) in [5.41, 5.74) is 3.24. The Morgan fingerprint density at radius 1 is 1.04 bits per heavy atom. The van der Waals surface area contributed by atoms with Crippen LogP contribution in [0.4, 0.5) is 11.6 Å². The number of hydrogen-bond acceptors (Lipinski definition) is 5. The Balaban J connectivity index is 1.61. The van der Waals surface area contributed by atoms with Crippen molar-refractivity contribution in [3.05, 3.63) is 72.6 Å². The Morgan fingerprint density at radius 2 is 1.79 bits per heavy atom. The number of nitriles is 1. The minimum Gasteiger partial charge on any atom is -0.491 e. The predicted octanol–water partition coefficient (Wildman–Crippen LogP) is 4.82. The highest BCUT2D eigenvalue weighted by atomic mass is 16.5. The number of aromatic nitrogens is 3. The second-order valence-electron chi connectivity index (χ2n) is 6.63. The number of nitrogens with one attached hydrogen (secondary N) is 1. The Hall–Kier alpha value is -3.85. The van der Waals surface area contributed by atoms with E-state index in [9.17, 15) is 0 Å². The zero-order valence-electron chi connectivity index (χ0n) is 15.6. The van der Waals surface area contributed by atoms with E-state index in [1.807, 2.05) is 67.1 Å². The molecular formula is C22H19N5O. The molecule has 4 aromatic rings. The molecular weight excluding hydrogens is 350 g/mol. The quantitative estimate of drug-likeness (QED) is 0.546. The van der Waals surface area contributed by atoms with Gasteiger partial charge in [0.2, 0.25) is 5.95 Å². The Bertz CT molecular complexity index is 1140. The third-order valence-electron chi connectivity index (χ3n) is 4.18. The predicted molar refractivity (Wildman–Crippen MR) is 109 cm³/mol. The van der Waals surface area contributed by atoms with Crippen LogP contribution < -0.4 is 10.1 Å². The molecule has 0 fully saturated rings. The van der Waals surface area contributed by atoms with Crippen molar-refractivity contribution in [3.8, 4) is 17.5 Å². The van der Waals surface area contributed by atoms with Crippen LogP contribution >= 0.6 is 0 Å². The maximum Gasteiger partial charge on any atom is 0.229 e. The molecule has 6 heteroatoms. The van der Waals surface area contributed by atoms with E-state index in [2.05, 4.69) is 21.4 Å². The van der Waals surface area contributed by atoms with Gasteiger partial charge in [0.05, 0.1) is 17.7 Å². The smallest absolute Gasteiger partial charge is 0.229 e.